The summed E-state index contributed by atoms with van der Waals surface area (Å²) in [5.41, 5.74) is 2.03. The van der Waals surface area contributed by atoms with Crippen molar-refractivity contribution >= 4 is 55.6 Å². The molecule has 2 atom stereocenters. The maximum atomic E-state index is 13.4. The van der Waals surface area contributed by atoms with Crippen molar-refractivity contribution in [2.24, 2.45) is 0 Å². The molecule has 6 aromatic rings. The number of hydrogen-bond donors (Lipinski definition) is 1. The van der Waals surface area contributed by atoms with Gasteiger partial charge < -0.3 is 37.5 Å². The number of ether oxygens (including phenoxy) is 6. The van der Waals surface area contributed by atoms with Crippen LogP contribution in [0.25, 0.3) is 0 Å². The monoisotopic (exact) mass is 1070 g/mol. The number of aromatic nitrogens is 1. The molecular formula is C51H59N2O15PS3. The van der Waals surface area contributed by atoms with Crippen LogP contribution < -0.4 is 24.3 Å². The number of anilines is 1. The van der Waals surface area contributed by atoms with Crippen LogP contribution >= 0.6 is 18.9 Å². The molecule has 0 fully saturated rings. The van der Waals surface area contributed by atoms with Crippen LogP contribution in [0.2, 0.25) is 0 Å². The molecule has 0 saturated carbocycles. The lowest BCUT2D eigenvalue weighted by molar-refractivity contribution is 0.0492. The van der Waals surface area contributed by atoms with Crippen LogP contribution in [0.3, 0.4) is 0 Å². The van der Waals surface area contributed by atoms with Gasteiger partial charge in [-0.05, 0) is 112 Å². The largest absolute Gasteiger partial charge is 0.491 e. The Labute approximate surface area is 425 Å². The smallest absolute Gasteiger partial charge is 0.338 e. The molecule has 0 radical (unpaired) electrons. The van der Waals surface area contributed by atoms with Gasteiger partial charge in [0.25, 0.3) is 5.91 Å². The van der Waals surface area contributed by atoms with Crippen molar-refractivity contribution in [1.29, 1.82) is 0 Å². The first-order valence-electron chi connectivity index (χ1n) is 22.6. The van der Waals surface area contributed by atoms with E-state index in [1.807, 2.05) is 51.1 Å². The van der Waals surface area contributed by atoms with Gasteiger partial charge in [-0.15, -0.1) is 11.3 Å². The van der Waals surface area contributed by atoms with Crippen molar-refractivity contribution in [3.05, 3.63) is 143 Å². The molecule has 21 heteroatoms. The number of amides is 1. The predicted octanol–water partition coefficient (Wildman–Crippen LogP) is 11.2. The van der Waals surface area contributed by atoms with Crippen LogP contribution in [0, 0.1) is 0 Å². The fraction of sp³-hybridized carbons (Fsp3) is 0.314. The Morgan fingerprint density at radius 2 is 1.17 bits per heavy atom. The molecule has 0 aliphatic rings. The van der Waals surface area contributed by atoms with Gasteiger partial charge in [-0.25, -0.2) is 26.6 Å². The van der Waals surface area contributed by atoms with Crippen LogP contribution in [0.1, 0.15) is 73.0 Å². The minimum absolute atomic E-state index is 0.0231. The van der Waals surface area contributed by atoms with E-state index in [2.05, 4.69) is 10.3 Å². The summed E-state index contributed by atoms with van der Waals surface area (Å²) in [6, 6.07) is 31.3. The van der Waals surface area contributed by atoms with Crippen molar-refractivity contribution in [3.63, 3.8) is 0 Å². The molecule has 386 valence electrons. The first kappa shape index (κ1) is 56.8. The zero-order valence-corrected chi connectivity index (χ0v) is 44.5. The van der Waals surface area contributed by atoms with Crippen molar-refractivity contribution in [2.45, 2.75) is 75.8 Å². The molecule has 0 saturated heterocycles. The summed E-state index contributed by atoms with van der Waals surface area (Å²) in [6.45, 7) is 10.4. The Morgan fingerprint density at radius 3 is 1.67 bits per heavy atom. The van der Waals surface area contributed by atoms with Crippen LogP contribution in [0.4, 0.5) is 5.13 Å². The molecule has 0 spiro atoms. The van der Waals surface area contributed by atoms with E-state index < -0.39 is 39.1 Å². The fourth-order valence-electron chi connectivity index (χ4n) is 6.37. The molecule has 0 aliphatic carbocycles. The second-order valence-electron chi connectivity index (χ2n) is 16.0. The number of esters is 1. The molecule has 5 aromatic carbocycles. The van der Waals surface area contributed by atoms with E-state index in [0.717, 1.165) is 24.5 Å². The Bertz CT molecular complexity index is 3000. The lowest BCUT2D eigenvalue weighted by Crippen LogP contribution is -2.19. The molecule has 0 unspecified atom stereocenters. The summed E-state index contributed by atoms with van der Waals surface area (Å²) < 4.78 is 105. The number of thiazole rings is 1. The summed E-state index contributed by atoms with van der Waals surface area (Å²) in [6.07, 6.45) is 2.67. The standard InChI is InChI=1S/C32H37N2O9PS2.C19H22O6S/c1-5-40-44(36,41-6-2)21-26-22-45-32(33-26)34-31(35)25-16-28(42-23(3)19-39-20-24-10-8-7-9-11-24)18-29(17-25)43-27-12-14-30(15-13-27)46(4,37)38;1-5-13(2)24-16-10-14(19(20)23-3)11-17(12-16)25-15-6-8-18(9-7-15)26(4,21)22/h7-18,22-23H,5-6,19-21H2,1-4H3,(H,33,34,35);6-13H,5H2,1-4H3/t23-;13-/m00/s1. The summed E-state index contributed by atoms with van der Waals surface area (Å²) >= 11 is 1.18. The number of rotatable bonds is 24. The van der Waals surface area contributed by atoms with Crippen molar-refractivity contribution in [3.8, 4) is 34.5 Å². The lowest BCUT2D eigenvalue weighted by atomic mass is 10.2. The normalized spacial score (nSPS) is 12.4. The van der Waals surface area contributed by atoms with Crippen molar-refractivity contribution in [1.82, 2.24) is 4.98 Å². The zero-order valence-electron chi connectivity index (χ0n) is 41.2. The Balaban J connectivity index is 0.000000313. The van der Waals surface area contributed by atoms with E-state index >= 15 is 0 Å². The van der Waals surface area contributed by atoms with Gasteiger partial charge in [0.15, 0.2) is 24.8 Å². The highest BCUT2D eigenvalue weighted by Crippen LogP contribution is 2.51. The molecule has 1 heterocycles. The predicted molar refractivity (Wildman–Crippen MR) is 275 cm³/mol. The average Bonchev–Trinajstić information content (AvgIpc) is 3.77. The summed E-state index contributed by atoms with van der Waals surface area (Å²) in [4.78, 5) is 30.0. The minimum Gasteiger partial charge on any atom is -0.491 e. The molecule has 6 rings (SSSR count). The molecule has 0 bridgehead atoms. The fourth-order valence-corrected chi connectivity index (χ4v) is 10.1. The number of carbonyl (C=O) groups is 2. The maximum Gasteiger partial charge on any atom is 0.338 e. The number of nitrogens with one attached hydrogen (secondary N) is 1. The average molecular weight is 1070 g/mol. The lowest BCUT2D eigenvalue weighted by Gasteiger charge is -2.17. The first-order valence-corrected chi connectivity index (χ1v) is 29.0. The zero-order chi connectivity index (χ0) is 52.5. The van der Waals surface area contributed by atoms with Gasteiger partial charge in [-0.2, -0.15) is 0 Å². The van der Waals surface area contributed by atoms with Crippen LogP contribution in [0.5, 0.6) is 34.5 Å². The highest BCUT2D eigenvalue weighted by molar-refractivity contribution is 7.91. The van der Waals surface area contributed by atoms with E-state index in [1.165, 1.54) is 60.9 Å². The van der Waals surface area contributed by atoms with Crippen molar-refractivity contribution < 1.29 is 68.5 Å². The summed E-state index contributed by atoms with van der Waals surface area (Å²) in [5.74, 6) is 1.36. The Kier molecular flexibility index (Phi) is 20.9. The van der Waals surface area contributed by atoms with E-state index in [1.54, 1.807) is 61.7 Å². The topological polar surface area (TPSA) is 218 Å². The Hall–Kier alpha value is -6.12. The number of hydrogen-bond acceptors (Lipinski definition) is 17. The minimum atomic E-state index is -3.38. The first-order chi connectivity index (χ1) is 34.2. The van der Waals surface area contributed by atoms with E-state index in [0.29, 0.717) is 64.1 Å². The number of nitrogens with zero attached hydrogens (tertiary/aromatic N) is 1. The number of carbonyl (C=O) groups excluding carboxylic acids is 2. The van der Waals surface area contributed by atoms with Gasteiger partial charge >= 0.3 is 13.6 Å². The third kappa shape index (κ3) is 18.2. The third-order valence-corrected chi connectivity index (χ3v) is 15.0. The van der Waals surface area contributed by atoms with E-state index in [9.17, 15) is 31.0 Å². The van der Waals surface area contributed by atoms with Gasteiger partial charge in [-0.1, -0.05) is 37.3 Å². The third-order valence-electron chi connectivity index (χ3n) is 9.91. The molecule has 1 aromatic heterocycles. The second-order valence-corrected chi connectivity index (χ2v) is 23.0. The van der Waals surface area contributed by atoms with E-state index in [-0.39, 0.29) is 46.9 Å². The Morgan fingerprint density at radius 1 is 0.667 bits per heavy atom. The van der Waals surface area contributed by atoms with Crippen LogP contribution in [-0.4, -0.2) is 85.3 Å². The number of methoxy groups -OCH3 is 1. The molecule has 1 amide bonds. The summed E-state index contributed by atoms with van der Waals surface area (Å²) in [5, 5.41) is 4.76. The molecule has 0 aliphatic heterocycles. The van der Waals surface area contributed by atoms with Gasteiger partial charge in [-0.3, -0.25) is 14.7 Å². The molecule has 72 heavy (non-hydrogen) atoms. The van der Waals surface area contributed by atoms with Crippen LogP contribution in [0.15, 0.2) is 130 Å². The van der Waals surface area contributed by atoms with Crippen LogP contribution in [-0.2, 0) is 55.5 Å². The molecular weight excluding hydrogens is 1010 g/mol. The van der Waals surface area contributed by atoms with Gasteiger partial charge in [0.2, 0.25) is 0 Å². The van der Waals surface area contributed by atoms with E-state index in [4.69, 9.17) is 37.5 Å². The second kappa shape index (κ2) is 26.5. The van der Waals surface area contributed by atoms with Crippen molar-refractivity contribution in [2.75, 3.05) is 44.8 Å². The summed E-state index contributed by atoms with van der Waals surface area (Å²) in [7, 11) is -8.71. The molecule has 1 N–H and O–H groups in total. The highest BCUT2D eigenvalue weighted by Gasteiger charge is 2.26. The number of sulfone groups is 2. The number of benzene rings is 5. The molecule has 17 nitrogen and oxygen atoms in total. The van der Waals surface area contributed by atoms with Gasteiger partial charge in [0.05, 0.1) is 66.9 Å². The maximum absolute atomic E-state index is 13.4. The SMILES string of the molecule is CCOP(=O)(Cc1csc(NC(=O)c2cc(Oc3ccc(S(C)(=O)=O)cc3)cc(O[C@@H](C)COCc3ccccc3)c2)n1)OCC.CC[C@H](C)Oc1cc(Oc2ccc(S(C)(=O)=O)cc2)cc(C(=O)OC)c1. The van der Waals surface area contributed by atoms with Gasteiger partial charge in [0, 0.05) is 35.6 Å². The van der Waals surface area contributed by atoms with Gasteiger partial charge in [0.1, 0.15) is 40.6 Å². The highest BCUT2D eigenvalue weighted by atomic mass is 32.2. The quantitative estimate of drug-likeness (QED) is 0.0440.